The van der Waals surface area contributed by atoms with Crippen molar-refractivity contribution in [2.24, 2.45) is 0 Å². The largest absolute Gasteiger partial charge is 0.508 e. The third-order valence-corrected chi connectivity index (χ3v) is 6.13. The van der Waals surface area contributed by atoms with E-state index in [2.05, 4.69) is 15.0 Å². The summed E-state index contributed by atoms with van der Waals surface area (Å²) in [5.74, 6) is 0.120. The lowest BCUT2D eigenvalue weighted by Gasteiger charge is -2.28. The second-order valence-corrected chi connectivity index (χ2v) is 8.10. The molecule has 0 spiro atoms. The van der Waals surface area contributed by atoms with Crippen molar-refractivity contribution in [1.29, 1.82) is 0 Å². The summed E-state index contributed by atoms with van der Waals surface area (Å²) in [6.07, 6.45) is 3.13. The molecule has 2 aromatic carbocycles. The molecule has 0 unspecified atom stereocenters. The molecule has 4 aromatic rings. The molecule has 8 heteroatoms. The van der Waals surface area contributed by atoms with Gasteiger partial charge in [-0.2, -0.15) is 9.97 Å². The Labute approximate surface area is 189 Å². The molecule has 0 bridgehead atoms. The van der Waals surface area contributed by atoms with Crippen LogP contribution >= 0.6 is 0 Å². The van der Waals surface area contributed by atoms with E-state index in [0.717, 1.165) is 22.8 Å². The number of anilines is 1. The van der Waals surface area contributed by atoms with E-state index in [1.807, 2.05) is 30.0 Å². The van der Waals surface area contributed by atoms with Gasteiger partial charge in [0.05, 0.1) is 12.5 Å². The summed E-state index contributed by atoms with van der Waals surface area (Å²) in [7, 11) is 1.43. The number of benzene rings is 2. The number of carbonyl (C=O) groups excluding carboxylic acids is 1. The first-order chi connectivity index (χ1) is 16.0. The van der Waals surface area contributed by atoms with Crippen molar-refractivity contribution in [3.05, 3.63) is 47.9 Å². The minimum Gasteiger partial charge on any atom is -0.508 e. The number of nitrogens with zero attached hydrogens (tertiary/aromatic N) is 4. The summed E-state index contributed by atoms with van der Waals surface area (Å²) in [5, 5.41) is 12.4. The first-order valence-corrected chi connectivity index (χ1v) is 10.9. The van der Waals surface area contributed by atoms with Gasteiger partial charge < -0.3 is 14.7 Å². The van der Waals surface area contributed by atoms with Gasteiger partial charge in [0.15, 0.2) is 5.82 Å². The van der Waals surface area contributed by atoms with E-state index < -0.39 is 5.82 Å². The number of hydrogen-bond acceptors (Lipinski definition) is 7. The number of phenolic OH excluding ortho intramolecular Hbond substituents is 1. The van der Waals surface area contributed by atoms with Crippen LogP contribution < -0.4 is 9.64 Å². The van der Waals surface area contributed by atoms with E-state index in [4.69, 9.17) is 4.74 Å². The third-order valence-electron chi connectivity index (χ3n) is 6.13. The van der Waals surface area contributed by atoms with Gasteiger partial charge >= 0.3 is 6.01 Å². The smallest absolute Gasteiger partial charge is 0.318 e. The molecule has 1 aliphatic rings. The van der Waals surface area contributed by atoms with E-state index in [1.54, 1.807) is 12.3 Å². The quantitative estimate of drug-likeness (QED) is 0.496. The van der Waals surface area contributed by atoms with Gasteiger partial charge in [0.25, 0.3) is 0 Å². The first kappa shape index (κ1) is 21.1. The molecule has 7 nitrogen and oxygen atoms in total. The highest BCUT2D eigenvalue weighted by atomic mass is 19.1. The van der Waals surface area contributed by atoms with Crippen LogP contribution in [-0.4, -0.2) is 46.0 Å². The zero-order valence-corrected chi connectivity index (χ0v) is 18.4. The van der Waals surface area contributed by atoms with Gasteiger partial charge in [-0.15, -0.1) is 0 Å². The van der Waals surface area contributed by atoms with E-state index in [1.165, 1.54) is 13.2 Å². The highest BCUT2D eigenvalue weighted by molar-refractivity contribution is 6.01. The van der Waals surface area contributed by atoms with Crippen molar-refractivity contribution in [1.82, 2.24) is 15.0 Å². The minimum absolute atomic E-state index is 0.0333. The Kier molecular flexibility index (Phi) is 5.28. The number of aryl methyl sites for hydroxylation is 1. The first-order valence-electron chi connectivity index (χ1n) is 10.9. The molecular weight excluding hydrogens is 423 g/mol. The average Bonchev–Trinajstić information content (AvgIpc) is 2.83. The number of piperidine rings is 1. The molecular formula is C25H23FN4O3. The number of halogens is 1. The number of methoxy groups -OCH3 is 1. The van der Waals surface area contributed by atoms with Crippen molar-refractivity contribution in [3.8, 4) is 23.0 Å². The summed E-state index contributed by atoms with van der Waals surface area (Å²) >= 11 is 0. The second kappa shape index (κ2) is 8.27. The van der Waals surface area contributed by atoms with Crippen LogP contribution in [0, 0.1) is 5.82 Å². The molecule has 5 rings (SSSR count). The van der Waals surface area contributed by atoms with Crippen molar-refractivity contribution >= 4 is 33.3 Å². The number of carbonyl (C=O) groups is 1. The SMILES string of the molecule is CCc1cccc2cc(O)cc(-c3ncc4c(N5CCC(=O)CC5)nc(OC)nc4c3F)c12. The van der Waals surface area contributed by atoms with Crippen molar-refractivity contribution in [2.75, 3.05) is 25.1 Å². The van der Waals surface area contributed by atoms with Gasteiger partial charge in [-0.1, -0.05) is 25.1 Å². The zero-order chi connectivity index (χ0) is 23.1. The number of aromatic hydroxyl groups is 1. The molecule has 2 aromatic heterocycles. The Balaban J connectivity index is 1.76. The van der Waals surface area contributed by atoms with Crippen LogP contribution in [0.3, 0.4) is 0 Å². The highest BCUT2D eigenvalue weighted by Gasteiger charge is 2.24. The highest BCUT2D eigenvalue weighted by Crippen LogP contribution is 2.38. The summed E-state index contributed by atoms with van der Waals surface area (Å²) < 4.78 is 21.3. The number of pyridine rings is 1. The Bertz CT molecular complexity index is 1400. The van der Waals surface area contributed by atoms with Gasteiger partial charge in [0.2, 0.25) is 0 Å². The molecule has 0 aliphatic carbocycles. The molecule has 1 saturated heterocycles. The van der Waals surface area contributed by atoms with E-state index >= 15 is 4.39 Å². The minimum atomic E-state index is -0.611. The zero-order valence-electron chi connectivity index (χ0n) is 18.4. The second-order valence-electron chi connectivity index (χ2n) is 8.10. The number of aromatic nitrogens is 3. The number of ketones is 1. The number of hydrogen-bond donors (Lipinski definition) is 1. The fourth-order valence-corrected chi connectivity index (χ4v) is 4.48. The molecule has 0 amide bonds. The number of rotatable bonds is 4. The van der Waals surface area contributed by atoms with Gasteiger partial charge in [0, 0.05) is 37.7 Å². The molecule has 0 saturated carbocycles. The number of ether oxygens (including phenoxy) is 1. The van der Waals surface area contributed by atoms with Crippen LogP contribution in [0.5, 0.6) is 11.8 Å². The lowest BCUT2D eigenvalue weighted by Crippen LogP contribution is -2.34. The van der Waals surface area contributed by atoms with E-state index in [9.17, 15) is 9.90 Å². The van der Waals surface area contributed by atoms with E-state index in [0.29, 0.717) is 42.7 Å². The lowest BCUT2D eigenvalue weighted by atomic mass is 9.95. The van der Waals surface area contributed by atoms with Crippen molar-refractivity contribution in [3.63, 3.8) is 0 Å². The molecule has 168 valence electrons. The number of phenols is 1. The maximum absolute atomic E-state index is 16.0. The summed E-state index contributed by atoms with van der Waals surface area (Å²) in [6, 6.07) is 9.04. The number of fused-ring (bicyclic) bond motifs is 2. The molecule has 0 radical (unpaired) electrons. The lowest BCUT2D eigenvalue weighted by molar-refractivity contribution is -0.119. The summed E-state index contributed by atoms with van der Waals surface area (Å²) in [6.45, 7) is 3.02. The predicted molar refractivity (Wildman–Crippen MR) is 124 cm³/mol. The maximum atomic E-state index is 16.0. The molecule has 1 fully saturated rings. The molecule has 3 heterocycles. The van der Waals surface area contributed by atoms with E-state index in [-0.39, 0.29) is 28.8 Å². The van der Waals surface area contributed by atoms with Crippen LogP contribution in [0.15, 0.2) is 36.5 Å². The third kappa shape index (κ3) is 3.61. The molecule has 33 heavy (non-hydrogen) atoms. The Morgan fingerprint density at radius 3 is 2.70 bits per heavy atom. The monoisotopic (exact) mass is 446 g/mol. The molecule has 1 aliphatic heterocycles. The van der Waals surface area contributed by atoms with Crippen LogP contribution in [0.4, 0.5) is 10.2 Å². The van der Waals surface area contributed by atoms with Crippen molar-refractivity contribution < 1.29 is 19.0 Å². The number of Topliss-reactive ketones (excluding diaryl/α,β-unsaturated/α-hetero) is 1. The Hall–Kier alpha value is -3.81. The van der Waals surface area contributed by atoms with Crippen LogP contribution in [-0.2, 0) is 11.2 Å². The predicted octanol–water partition coefficient (Wildman–Crippen LogP) is 4.43. The van der Waals surface area contributed by atoms with Gasteiger partial charge in [-0.05, 0) is 34.9 Å². The summed E-state index contributed by atoms with van der Waals surface area (Å²) in [4.78, 5) is 26.8. The topological polar surface area (TPSA) is 88.4 Å². The normalized spacial score (nSPS) is 14.3. The molecule has 0 atom stereocenters. The van der Waals surface area contributed by atoms with Crippen LogP contribution in [0.1, 0.15) is 25.3 Å². The van der Waals surface area contributed by atoms with Gasteiger partial charge in [0.1, 0.15) is 28.6 Å². The van der Waals surface area contributed by atoms with Gasteiger partial charge in [-0.25, -0.2) is 4.39 Å². The fraction of sp³-hybridized carbons (Fsp3) is 0.280. The van der Waals surface area contributed by atoms with Gasteiger partial charge in [-0.3, -0.25) is 9.78 Å². The van der Waals surface area contributed by atoms with Crippen molar-refractivity contribution in [2.45, 2.75) is 26.2 Å². The standard InChI is InChI=1S/C25H23FN4O3/c1-3-14-5-4-6-15-11-17(32)12-18(20(14)15)22-21(26)23-19(13-27-22)24(29-25(28-23)33-2)30-9-7-16(31)8-10-30/h4-6,11-13,32H,3,7-10H2,1-2H3. The fourth-order valence-electron chi connectivity index (χ4n) is 4.48. The molecule has 1 N–H and O–H groups in total. The maximum Gasteiger partial charge on any atom is 0.318 e. The van der Waals surface area contributed by atoms with Crippen LogP contribution in [0.2, 0.25) is 0 Å². The summed E-state index contributed by atoms with van der Waals surface area (Å²) in [5.41, 5.74) is 1.72. The Morgan fingerprint density at radius 1 is 1.18 bits per heavy atom. The average molecular weight is 446 g/mol. The Morgan fingerprint density at radius 2 is 1.97 bits per heavy atom. The van der Waals surface area contributed by atoms with Crippen LogP contribution in [0.25, 0.3) is 32.9 Å².